The summed E-state index contributed by atoms with van der Waals surface area (Å²) in [6.45, 7) is 6.63. The van der Waals surface area contributed by atoms with Crippen molar-refractivity contribution in [1.29, 1.82) is 5.26 Å². The summed E-state index contributed by atoms with van der Waals surface area (Å²) in [4.78, 5) is 17.1. The summed E-state index contributed by atoms with van der Waals surface area (Å²) in [5, 5.41) is 10.4. The molecule has 0 radical (unpaired) electrons. The third-order valence-corrected chi connectivity index (χ3v) is 6.22. The van der Waals surface area contributed by atoms with Crippen LogP contribution < -0.4 is 4.90 Å². The second kappa shape index (κ2) is 9.33. The topological polar surface area (TPSA) is 52.3 Å². The quantitative estimate of drug-likeness (QED) is 0.420. The summed E-state index contributed by atoms with van der Waals surface area (Å²) in [7, 11) is 0. The smallest absolute Gasteiger partial charge is 0.264 e. The average molecular weight is 445 g/mol. The molecule has 0 unspecified atom stereocenters. The van der Waals surface area contributed by atoms with E-state index in [-0.39, 0.29) is 11.5 Å². The first kappa shape index (κ1) is 21.7. The van der Waals surface area contributed by atoms with Crippen LogP contribution >= 0.6 is 11.6 Å². The standard InChI is InChI=1S/C26H25ClN4O/c1-19-16-21(20(2)31(19)25-11-7-6-10-24(25)27)17-22(18-28)26(32)30-14-12-29(13-15-30)23-8-4-3-5-9-23/h3-11,16-17H,12-15H2,1-2H3/b22-17-. The summed E-state index contributed by atoms with van der Waals surface area (Å²) < 4.78 is 2.05. The Balaban J connectivity index is 1.54. The van der Waals surface area contributed by atoms with E-state index in [0.29, 0.717) is 18.1 Å². The largest absolute Gasteiger partial charge is 0.368 e. The fraction of sp³-hybridized carbons (Fsp3) is 0.231. The molecule has 0 saturated carbocycles. The van der Waals surface area contributed by atoms with E-state index in [0.717, 1.165) is 41.4 Å². The van der Waals surface area contributed by atoms with Crippen LogP contribution in [0.15, 0.2) is 66.2 Å². The zero-order valence-electron chi connectivity index (χ0n) is 18.3. The van der Waals surface area contributed by atoms with Crippen LogP contribution in [0, 0.1) is 25.2 Å². The van der Waals surface area contributed by atoms with Crippen molar-refractivity contribution in [1.82, 2.24) is 9.47 Å². The minimum Gasteiger partial charge on any atom is -0.368 e. The average Bonchev–Trinajstić information content (AvgIpc) is 3.10. The van der Waals surface area contributed by atoms with Crippen molar-refractivity contribution in [2.75, 3.05) is 31.1 Å². The molecule has 1 aliphatic rings. The number of nitriles is 1. The Kier molecular flexibility index (Phi) is 6.34. The maximum Gasteiger partial charge on any atom is 0.264 e. The number of carbonyl (C=O) groups excluding carboxylic acids is 1. The number of amides is 1. The van der Waals surface area contributed by atoms with Crippen LogP contribution in [0.5, 0.6) is 0 Å². The molecule has 32 heavy (non-hydrogen) atoms. The van der Waals surface area contributed by atoms with E-state index in [4.69, 9.17) is 11.6 Å². The van der Waals surface area contributed by atoms with Gasteiger partial charge in [0.1, 0.15) is 11.6 Å². The molecule has 0 spiro atoms. The van der Waals surface area contributed by atoms with Gasteiger partial charge in [-0.15, -0.1) is 0 Å². The Morgan fingerprint density at radius 2 is 1.66 bits per heavy atom. The fourth-order valence-corrected chi connectivity index (χ4v) is 4.43. The van der Waals surface area contributed by atoms with Crippen LogP contribution in [0.2, 0.25) is 5.02 Å². The van der Waals surface area contributed by atoms with Crippen LogP contribution in [-0.2, 0) is 4.79 Å². The fourth-order valence-electron chi connectivity index (χ4n) is 4.21. The lowest BCUT2D eigenvalue weighted by atomic mass is 10.1. The summed E-state index contributed by atoms with van der Waals surface area (Å²) in [5.41, 5.74) is 4.95. The number of rotatable bonds is 4. The molecule has 0 bridgehead atoms. The van der Waals surface area contributed by atoms with Crippen molar-refractivity contribution >= 4 is 29.3 Å². The van der Waals surface area contributed by atoms with Crippen molar-refractivity contribution in [3.63, 3.8) is 0 Å². The van der Waals surface area contributed by atoms with Crippen molar-refractivity contribution < 1.29 is 4.79 Å². The molecule has 3 aromatic rings. The Morgan fingerprint density at radius 3 is 2.31 bits per heavy atom. The minimum absolute atomic E-state index is 0.151. The molecule has 0 aliphatic carbocycles. The molecular weight excluding hydrogens is 420 g/mol. The van der Waals surface area contributed by atoms with Gasteiger partial charge in [-0.25, -0.2) is 0 Å². The van der Waals surface area contributed by atoms with E-state index < -0.39 is 0 Å². The minimum atomic E-state index is -0.220. The molecule has 1 aromatic heterocycles. The normalized spacial score (nSPS) is 14.4. The highest BCUT2D eigenvalue weighted by Crippen LogP contribution is 2.27. The van der Waals surface area contributed by atoms with Crippen LogP contribution in [-0.4, -0.2) is 41.6 Å². The monoisotopic (exact) mass is 444 g/mol. The predicted octanol–water partition coefficient (Wildman–Crippen LogP) is 5.00. The Morgan fingerprint density at radius 1 is 1.00 bits per heavy atom. The first-order valence-electron chi connectivity index (χ1n) is 10.6. The highest BCUT2D eigenvalue weighted by Gasteiger charge is 2.24. The third kappa shape index (κ3) is 4.28. The number of piperazine rings is 1. The molecule has 4 rings (SSSR count). The second-order valence-electron chi connectivity index (χ2n) is 7.90. The summed E-state index contributed by atoms with van der Waals surface area (Å²) >= 11 is 6.40. The van der Waals surface area contributed by atoms with Gasteiger partial charge in [0.2, 0.25) is 0 Å². The van der Waals surface area contributed by atoms with Gasteiger partial charge in [0.15, 0.2) is 0 Å². The molecule has 2 heterocycles. The van der Waals surface area contributed by atoms with Crippen LogP contribution in [0.1, 0.15) is 17.0 Å². The van der Waals surface area contributed by atoms with Gasteiger partial charge in [-0.2, -0.15) is 5.26 Å². The molecule has 0 N–H and O–H groups in total. The number of carbonyl (C=O) groups is 1. The lowest BCUT2D eigenvalue weighted by Crippen LogP contribution is -2.49. The van der Waals surface area contributed by atoms with E-state index in [1.807, 2.05) is 66.9 Å². The molecule has 2 aromatic carbocycles. The number of halogens is 1. The van der Waals surface area contributed by atoms with Crippen molar-refractivity contribution in [3.8, 4) is 11.8 Å². The van der Waals surface area contributed by atoms with Crippen LogP contribution in [0.3, 0.4) is 0 Å². The lowest BCUT2D eigenvalue weighted by Gasteiger charge is -2.36. The molecule has 0 atom stereocenters. The van der Waals surface area contributed by atoms with Crippen LogP contribution in [0.4, 0.5) is 5.69 Å². The lowest BCUT2D eigenvalue weighted by molar-refractivity contribution is -0.126. The van der Waals surface area contributed by atoms with E-state index >= 15 is 0 Å². The Bertz CT molecular complexity index is 1200. The highest BCUT2D eigenvalue weighted by molar-refractivity contribution is 6.32. The number of anilines is 1. The summed E-state index contributed by atoms with van der Waals surface area (Å²) in [6.07, 6.45) is 1.70. The SMILES string of the molecule is Cc1cc(/C=C(/C#N)C(=O)N2CCN(c3ccccc3)CC2)c(C)n1-c1ccccc1Cl. The zero-order chi connectivity index (χ0) is 22.7. The molecular formula is C26H25ClN4O. The Hall–Kier alpha value is -3.49. The summed E-state index contributed by atoms with van der Waals surface area (Å²) in [6, 6.07) is 21.9. The van der Waals surface area contributed by atoms with Gasteiger partial charge in [0.25, 0.3) is 5.91 Å². The maximum atomic E-state index is 13.1. The first-order chi connectivity index (χ1) is 15.5. The van der Waals surface area contributed by atoms with Crippen molar-refractivity contribution in [2.45, 2.75) is 13.8 Å². The van der Waals surface area contributed by atoms with E-state index in [9.17, 15) is 10.1 Å². The molecule has 6 heteroatoms. The van der Waals surface area contributed by atoms with E-state index in [1.54, 1.807) is 11.0 Å². The van der Waals surface area contributed by atoms with E-state index in [1.165, 1.54) is 0 Å². The zero-order valence-corrected chi connectivity index (χ0v) is 19.0. The predicted molar refractivity (Wildman–Crippen MR) is 129 cm³/mol. The van der Waals surface area contributed by atoms with Gasteiger partial charge >= 0.3 is 0 Å². The molecule has 1 fully saturated rings. The molecule has 1 amide bonds. The van der Waals surface area contributed by atoms with Crippen molar-refractivity contribution in [3.05, 3.63) is 88.2 Å². The number of benzene rings is 2. The number of aromatic nitrogens is 1. The number of para-hydroxylation sites is 2. The van der Waals surface area contributed by atoms with Gasteiger partial charge in [-0.1, -0.05) is 41.9 Å². The van der Waals surface area contributed by atoms with Crippen LogP contribution in [0.25, 0.3) is 11.8 Å². The number of hydrogen-bond acceptors (Lipinski definition) is 3. The van der Waals surface area contributed by atoms with Crippen molar-refractivity contribution in [2.24, 2.45) is 0 Å². The summed E-state index contributed by atoms with van der Waals surface area (Å²) in [5.74, 6) is -0.220. The van der Waals surface area contributed by atoms with Gasteiger partial charge in [0.05, 0.1) is 10.7 Å². The molecule has 162 valence electrons. The van der Waals surface area contributed by atoms with Gasteiger partial charge in [-0.05, 0) is 55.8 Å². The molecule has 1 aliphatic heterocycles. The first-order valence-corrected chi connectivity index (χ1v) is 11.0. The third-order valence-electron chi connectivity index (χ3n) is 5.90. The highest BCUT2D eigenvalue weighted by atomic mass is 35.5. The second-order valence-corrected chi connectivity index (χ2v) is 8.31. The number of nitrogens with zero attached hydrogens (tertiary/aromatic N) is 4. The maximum absolute atomic E-state index is 13.1. The number of aryl methyl sites for hydroxylation is 1. The van der Waals surface area contributed by atoms with Gasteiger partial charge in [0, 0.05) is 43.3 Å². The Labute approximate surface area is 193 Å². The molecule has 5 nitrogen and oxygen atoms in total. The molecule has 1 saturated heterocycles. The van der Waals surface area contributed by atoms with Gasteiger partial charge in [-0.3, -0.25) is 4.79 Å². The van der Waals surface area contributed by atoms with E-state index in [2.05, 4.69) is 23.1 Å². The number of hydrogen-bond donors (Lipinski definition) is 0. The van der Waals surface area contributed by atoms with Gasteiger partial charge < -0.3 is 14.4 Å².